The summed E-state index contributed by atoms with van der Waals surface area (Å²) < 4.78 is 0. The maximum absolute atomic E-state index is 11.2. The van der Waals surface area contributed by atoms with Gasteiger partial charge in [0.25, 0.3) is 0 Å². The zero-order valence-electron chi connectivity index (χ0n) is 11.6. The fourth-order valence-electron chi connectivity index (χ4n) is 2.33. The fourth-order valence-corrected chi connectivity index (χ4v) is 2.33. The van der Waals surface area contributed by atoms with Crippen LogP contribution in [0.15, 0.2) is 12.1 Å². The van der Waals surface area contributed by atoms with Gasteiger partial charge in [0.1, 0.15) is 5.82 Å². The Morgan fingerprint density at radius 3 is 2.39 bits per heavy atom. The van der Waals surface area contributed by atoms with E-state index in [1.54, 1.807) is 0 Å². The summed E-state index contributed by atoms with van der Waals surface area (Å²) in [5.74, 6) is 0.872. The van der Waals surface area contributed by atoms with Crippen LogP contribution in [0.5, 0.6) is 0 Å². The minimum atomic E-state index is 0.0198. The number of rotatable bonds is 2. The highest BCUT2D eigenvalue weighted by Gasteiger charge is 2.20. The summed E-state index contributed by atoms with van der Waals surface area (Å²) in [4.78, 5) is 18.1. The lowest BCUT2D eigenvalue weighted by molar-refractivity contribution is 0.112. The van der Waals surface area contributed by atoms with Crippen molar-refractivity contribution >= 4 is 12.1 Å². The molecule has 0 aliphatic carbocycles. The van der Waals surface area contributed by atoms with Crippen molar-refractivity contribution in [3.63, 3.8) is 0 Å². The molecule has 0 amide bonds. The summed E-state index contributed by atoms with van der Waals surface area (Å²) in [6.45, 7) is 8.48. The number of aromatic nitrogens is 1. The van der Waals surface area contributed by atoms with Crippen LogP contribution in [0.4, 0.5) is 5.82 Å². The highest BCUT2D eigenvalue weighted by Crippen LogP contribution is 2.26. The lowest BCUT2D eigenvalue weighted by atomic mass is 9.91. The van der Waals surface area contributed by atoms with Crippen LogP contribution in [-0.2, 0) is 5.41 Å². The monoisotopic (exact) mass is 246 g/mol. The van der Waals surface area contributed by atoms with Gasteiger partial charge in [0.05, 0.1) is 5.56 Å². The van der Waals surface area contributed by atoms with Crippen LogP contribution in [0.2, 0.25) is 0 Å². The first kappa shape index (κ1) is 13.1. The molecule has 2 rings (SSSR count). The van der Waals surface area contributed by atoms with Crippen molar-refractivity contribution in [2.45, 2.75) is 45.4 Å². The number of aldehydes is 1. The van der Waals surface area contributed by atoms with Gasteiger partial charge < -0.3 is 4.90 Å². The van der Waals surface area contributed by atoms with Gasteiger partial charge in [-0.3, -0.25) is 4.79 Å². The van der Waals surface area contributed by atoms with Gasteiger partial charge in [0.2, 0.25) is 0 Å². The third-order valence-corrected chi connectivity index (χ3v) is 3.46. The Morgan fingerprint density at radius 2 is 1.83 bits per heavy atom. The standard InChI is InChI=1S/C15H22N2O/c1-15(2,3)13-8-7-12(11-18)14(16-13)17-9-5-4-6-10-17/h7-8,11H,4-6,9-10H2,1-3H3. The van der Waals surface area contributed by atoms with Crippen LogP contribution in [0.3, 0.4) is 0 Å². The molecule has 0 atom stereocenters. The molecule has 1 aromatic heterocycles. The number of carbonyl (C=O) groups is 1. The number of hydrogen-bond acceptors (Lipinski definition) is 3. The van der Waals surface area contributed by atoms with E-state index in [0.717, 1.165) is 30.9 Å². The van der Waals surface area contributed by atoms with Crippen LogP contribution in [-0.4, -0.2) is 24.4 Å². The summed E-state index contributed by atoms with van der Waals surface area (Å²) in [5, 5.41) is 0. The second kappa shape index (κ2) is 5.09. The van der Waals surface area contributed by atoms with E-state index >= 15 is 0 Å². The van der Waals surface area contributed by atoms with Gasteiger partial charge in [-0.1, -0.05) is 20.8 Å². The molecule has 0 aromatic carbocycles. The molecule has 0 N–H and O–H groups in total. The van der Waals surface area contributed by atoms with Gasteiger partial charge >= 0.3 is 0 Å². The predicted molar refractivity (Wildman–Crippen MR) is 74.4 cm³/mol. The first-order valence-corrected chi connectivity index (χ1v) is 6.74. The molecular weight excluding hydrogens is 224 g/mol. The Hall–Kier alpha value is -1.38. The molecule has 0 unspecified atom stereocenters. The van der Waals surface area contributed by atoms with Crippen molar-refractivity contribution in [3.05, 3.63) is 23.4 Å². The zero-order valence-corrected chi connectivity index (χ0v) is 11.6. The fraction of sp³-hybridized carbons (Fsp3) is 0.600. The van der Waals surface area contributed by atoms with Crippen molar-refractivity contribution in [3.8, 4) is 0 Å². The molecule has 1 fully saturated rings. The molecule has 0 saturated carbocycles. The lowest BCUT2D eigenvalue weighted by Crippen LogP contribution is -2.31. The van der Waals surface area contributed by atoms with E-state index in [-0.39, 0.29) is 5.41 Å². The molecule has 0 bridgehead atoms. The van der Waals surface area contributed by atoms with Crippen LogP contribution in [0.25, 0.3) is 0 Å². The van der Waals surface area contributed by atoms with Crippen LogP contribution < -0.4 is 4.90 Å². The topological polar surface area (TPSA) is 33.2 Å². The van der Waals surface area contributed by atoms with E-state index in [9.17, 15) is 4.79 Å². The Labute approximate surface area is 109 Å². The van der Waals surface area contributed by atoms with Gasteiger partial charge in [0, 0.05) is 24.2 Å². The lowest BCUT2D eigenvalue weighted by Gasteiger charge is -2.30. The van der Waals surface area contributed by atoms with E-state index in [2.05, 4.69) is 25.7 Å². The number of anilines is 1. The Kier molecular flexibility index (Phi) is 3.69. The minimum Gasteiger partial charge on any atom is -0.356 e. The molecule has 1 aliphatic rings. The molecule has 3 heteroatoms. The molecule has 1 saturated heterocycles. The Morgan fingerprint density at radius 1 is 1.17 bits per heavy atom. The quantitative estimate of drug-likeness (QED) is 0.751. The maximum Gasteiger partial charge on any atom is 0.153 e. The maximum atomic E-state index is 11.2. The second-order valence-corrected chi connectivity index (χ2v) is 6.02. The number of nitrogens with zero attached hydrogens (tertiary/aromatic N) is 2. The highest BCUT2D eigenvalue weighted by molar-refractivity contribution is 5.83. The van der Waals surface area contributed by atoms with Crippen molar-refractivity contribution in [1.82, 2.24) is 4.98 Å². The Bertz CT molecular complexity index is 429. The number of hydrogen-bond donors (Lipinski definition) is 0. The minimum absolute atomic E-state index is 0.0198. The van der Waals surface area contributed by atoms with E-state index in [1.165, 1.54) is 19.3 Å². The van der Waals surface area contributed by atoms with E-state index in [0.29, 0.717) is 5.56 Å². The molecule has 98 valence electrons. The van der Waals surface area contributed by atoms with E-state index in [1.807, 2.05) is 12.1 Å². The summed E-state index contributed by atoms with van der Waals surface area (Å²) >= 11 is 0. The van der Waals surface area contributed by atoms with Crippen LogP contribution in [0, 0.1) is 0 Å². The number of pyridine rings is 1. The second-order valence-electron chi connectivity index (χ2n) is 6.02. The van der Waals surface area contributed by atoms with Crippen LogP contribution >= 0.6 is 0 Å². The third kappa shape index (κ3) is 2.71. The average molecular weight is 246 g/mol. The number of piperidine rings is 1. The van der Waals surface area contributed by atoms with Crippen molar-refractivity contribution in [2.75, 3.05) is 18.0 Å². The SMILES string of the molecule is CC(C)(C)c1ccc(C=O)c(N2CCCCC2)n1. The third-order valence-electron chi connectivity index (χ3n) is 3.46. The first-order valence-electron chi connectivity index (χ1n) is 6.74. The molecular formula is C15H22N2O. The van der Waals surface area contributed by atoms with Gasteiger partial charge in [-0.25, -0.2) is 4.98 Å². The summed E-state index contributed by atoms with van der Waals surface area (Å²) in [6, 6.07) is 3.88. The molecule has 3 nitrogen and oxygen atoms in total. The van der Waals surface area contributed by atoms with Gasteiger partial charge in [-0.05, 0) is 31.4 Å². The van der Waals surface area contributed by atoms with Gasteiger partial charge in [0.15, 0.2) is 6.29 Å². The summed E-state index contributed by atoms with van der Waals surface area (Å²) in [6.07, 6.45) is 4.59. The molecule has 1 aliphatic heterocycles. The number of carbonyl (C=O) groups excluding carboxylic acids is 1. The molecule has 1 aromatic rings. The molecule has 18 heavy (non-hydrogen) atoms. The van der Waals surface area contributed by atoms with Gasteiger partial charge in [-0.2, -0.15) is 0 Å². The van der Waals surface area contributed by atoms with Crippen LogP contribution in [0.1, 0.15) is 56.1 Å². The molecule has 2 heterocycles. The molecule has 0 spiro atoms. The van der Waals surface area contributed by atoms with Crippen molar-refractivity contribution in [2.24, 2.45) is 0 Å². The predicted octanol–water partition coefficient (Wildman–Crippen LogP) is 3.18. The Balaban J connectivity index is 2.38. The highest BCUT2D eigenvalue weighted by atomic mass is 16.1. The zero-order chi connectivity index (χ0) is 13.2. The van der Waals surface area contributed by atoms with E-state index < -0.39 is 0 Å². The largest absolute Gasteiger partial charge is 0.356 e. The smallest absolute Gasteiger partial charge is 0.153 e. The first-order chi connectivity index (χ1) is 8.52. The molecule has 0 radical (unpaired) electrons. The van der Waals surface area contributed by atoms with Crippen molar-refractivity contribution in [1.29, 1.82) is 0 Å². The van der Waals surface area contributed by atoms with E-state index in [4.69, 9.17) is 4.98 Å². The average Bonchev–Trinajstić information content (AvgIpc) is 2.38. The normalized spacial score (nSPS) is 16.7. The van der Waals surface area contributed by atoms with Crippen molar-refractivity contribution < 1.29 is 4.79 Å². The summed E-state index contributed by atoms with van der Waals surface area (Å²) in [5.41, 5.74) is 1.78. The summed E-state index contributed by atoms with van der Waals surface area (Å²) in [7, 11) is 0. The van der Waals surface area contributed by atoms with Gasteiger partial charge in [-0.15, -0.1) is 0 Å².